The van der Waals surface area contributed by atoms with Crippen molar-refractivity contribution in [1.29, 1.82) is 0 Å². The first kappa shape index (κ1) is 16.9. The van der Waals surface area contributed by atoms with Crippen LogP contribution in [0.2, 0.25) is 0 Å². The lowest BCUT2D eigenvalue weighted by Crippen LogP contribution is -2.26. The molecule has 0 aromatic heterocycles. The Bertz CT molecular complexity index is 627. The molecule has 0 aliphatic carbocycles. The van der Waals surface area contributed by atoms with Crippen molar-refractivity contribution < 1.29 is 9.90 Å². The number of aromatic hydroxyl groups is 1. The Balaban J connectivity index is 1.58. The van der Waals surface area contributed by atoms with Crippen LogP contribution in [0.25, 0.3) is 0 Å². The van der Waals surface area contributed by atoms with Crippen molar-refractivity contribution in [3.05, 3.63) is 59.7 Å². The Labute approximate surface area is 137 Å². The van der Waals surface area contributed by atoms with E-state index in [0.29, 0.717) is 12.2 Å². The normalized spacial score (nSPS) is 10.4. The molecule has 0 bridgehead atoms. The second-order valence-electron chi connectivity index (χ2n) is 5.72. The molecule has 4 nitrogen and oxygen atoms in total. The number of carbonyl (C=O) groups is 1. The van der Waals surface area contributed by atoms with Gasteiger partial charge in [-0.3, -0.25) is 4.79 Å². The number of phenols is 1. The molecule has 0 aliphatic heterocycles. The topological polar surface area (TPSA) is 75.4 Å². The smallest absolute Gasteiger partial charge is 0.224 e. The lowest BCUT2D eigenvalue weighted by atomic mass is 10.1. The molecule has 0 unspecified atom stereocenters. The number of unbranched alkanes of at least 4 members (excludes halogenated alkanes) is 2. The van der Waals surface area contributed by atoms with Gasteiger partial charge in [0.15, 0.2) is 0 Å². The third kappa shape index (κ3) is 6.02. The van der Waals surface area contributed by atoms with E-state index in [9.17, 15) is 9.90 Å². The quantitative estimate of drug-likeness (QED) is 0.398. The van der Waals surface area contributed by atoms with Gasteiger partial charge in [0.25, 0.3) is 0 Å². The third-order valence-corrected chi connectivity index (χ3v) is 3.76. The highest BCUT2D eigenvalue weighted by Crippen LogP contribution is 2.20. The van der Waals surface area contributed by atoms with Gasteiger partial charge in [-0.15, -0.1) is 0 Å². The lowest BCUT2D eigenvalue weighted by Gasteiger charge is -2.07. The van der Waals surface area contributed by atoms with Crippen LogP contribution < -0.4 is 11.1 Å². The van der Waals surface area contributed by atoms with Crippen molar-refractivity contribution in [3.63, 3.8) is 0 Å². The van der Waals surface area contributed by atoms with E-state index in [-0.39, 0.29) is 18.1 Å². The van der Waals surface area contributed by atoms with E-state index in [2.05, 4.69) is 29.6 Å². The van der Waals surface area contributed by atoms with Crippen molar-refractivity contribution in [3.8, 4) is 5.75 Å². The van der Waals surface area contributed by atoms with Gasteiger partial charge in [-0.2, -0.15) is 0 Å². The van der Waals surface area contributed by atoms with E-state index in [1.165, 1.54) is 11.6 Å². The van der Waals surface area contributed by atoms with E-state index < -0.39 is 0 Å². The van der Waals surface area contributed by atoms with Gasteiger partial charge in [0.2, 0.25) is 5.91 Å². The number of hydrogen-bond donors (Lipinski definition) is 3. The van der Waals surface area contributed by atoms with Crippen molar-refractivity contribution in [2.45, 2.75) is 32.1 Å². The minimum atomic E-state index is -0.0156. The molecular weight excluding hydrogens is 288 g/mol. The zero-order chi connectivity index (χ0) is 16.5. The number of aryl methyl sites for hydroxylation is 1. The largest absolute Gasteiger partial charge is 0.506 e. The van der Waals surface area contributed by atoms with Crippen molar-refractivity contribution in [2.75, 3.05) is 12.3 Å². The molecule has 0 saturated carbocycles. The fraction of sp³-hybridized carbons (Fsp3) is 0.316. The number of nitrogens with two attached hydrogens (primary N) is 1. The number of amides is 1. The number of nitrogen functional groups attached to an aromatic ring is 1. The summed E-state index contributed by atoms with van der Waals surface area (Å²) in [6.45, 7) is 0.696. The second-order valence-corrected chi connectivity index (χ2v) is 5.72. The molecule has 0 radical (unpaired) electrons. The number of hydrogen-bond acceptors (Lipinski definition) is 3. The Kier molecular flexibility index (Phi) is 6.48. The molecule has 2 aromatic rings. The molecule has 122 valence electrons. The highest BCUT2D eigenvalue weighted by molar-refractivity contribution is 5.79. The second kappa shape index (κ2) is 8.83. The lowest BCUT2D eigenvalue weighted by molar-refractivity contribution is -0.120. The maximum atomic E-state index is 11.8. The van der Waals surface area contributed by atoms with E-state index in [4.69, 9.17) is 5.73 Å². The first-order valence-electron chi connectivity index (χ1n) is 8.03. The molecule has 4 heteroatoms. The van der Waals surface area contributed by atoms with E-state index >= 15 is 0 Å². The van der Waals surface area contributed by atoms with Crippen LogP contribution in [-0.4, -0.2) is 17.6 Å². The zero-order valence-electron chi connectivity index (χ0n) is 13.3. The summed E-state index contributed by atoms with van der Waals surface area (Å²) in [7, 11) is 0. The average Bonchev–Trinajstić information content (AvgIpc) is 2.55. The van der Waals surface area contributed by atoms with Crippen LogP contribution >= 0.6 is 0 Å². The fourth-order valence-corrected chi connectivity index (χ4v) is 2.47. The standard InChI is InChI=1S/C19H24N2O2/c20-17-13-16(10-11-18(17)22)14-19(23)21-12-6-2-5-9-15-7-3-1-4-8-15/h1,3-4,7-8,10-11,13,22H,2,5-6,9,12,14,20H2,(H,21,23). The number of anilines is 1. The molecule has 0 saturated heterocycles. The van der Waals surface area contributed by atoms with Gasteiger partial charge in [0.1, 0.15) is 5.75 Å². The average molecular weight is 312 g/mol. The van der Waals surface area contributed by atoms with Gasteiger partial charge in [-0.25, -0.2) is 0 Å². The van der Waals surface area contributed by atoms with Crippen molar-refractivity contribution in [1.82, 2.24) is 5.32 Å². The molecule has 0 heterocycles. The van der Waals surface area contributed by atoms with Crippen LogP contribution in [0.5, 0.6) is 5.75 Å². The summed E-state index contributed by atoms with van der Waals surface area (Å²) in [6, 6.07) is 15.3. The van der Waals surface area contributed by atoms with E-state index in [1.807, 2.05) is 6.07 Å². The van der Waals surface area contributed by atoms with Gasteiger partial charge < -0.3 is 16.2 Å². The first-order valence-corrected chi connectivity index (χ1v) is 8.03. The van der Waals surface area contributed by atoms with Gasteiger partial charge in [0.05, 0.1) is 12.1 Å². The van der Waals surface area contributed by atoms with Crippen LogP contribution in [0.1, 0.15) is 30.4 Å². The van der Waals surface area contributed by atoms with Gasteiger partial charge in [-0.05, 0) is 42.5 Å². The summed E-state index contributed by atoms with van der Waals surface area (Å²) in [5, 5.41) is 12.3. The Morgan fingerprint density at radius 3 is 2.52 bits per heavy atom. The molecule has 4 N–H and O–H groups in total. The molecule has 2 aromatic carbocycles. The maximum Gasteiger partial charge on any atom is 0.224 e. The number of rotatable bonds is 8. The van der Waals surface area contributed by atoms with Crippen LogP contribution in [0.3, 0.4) is 0 Å². The van der Waals surface area contributed by atoms with E-state index in [0.717, 1.165) is 31.2 Å². The number of phenolic OH excluding ortho intramolecular Hbond substituents is 1. The number of carbonyl (C=O) groups excluding carboxylic acids is 1. The molecule has 0 spiro atoms. The summed E-state index contributed by atoms with van der Waals surface area (Å²) in [5.41, 5.74) is 8.09. The number of benzene rings is 2. The van der Waals surface area contributed by atoms with Gasteiger partial charge >= 0.3 is 0 Å². The monoisotopic (exact) mass is 312 g/mol. The summed E-state index contributed by atoms with van der Waals surface area (Å²) < 4.78 is 0. The summed E-state index contributed by atoms with van der Waals surface area (Å²) in [4.78, 5) is 11.8. The first-order chi connectivity index (χ1) is 11.1. The van der Waals surface area contributed by atoms with Crippen LogP contribution in [0.15, 0.2) is 48.5 Å². The molecule has 0 fully saturated rings. The van der Waals surface area contributed by atoms with Gasteiger partial charge in [-0.1, -0.05) is 42.8 Å². The van der Waals surface area contributed by atoms with Gasteiger partial charge in [0, 0.05) is 6.54 Å². The summed E-state index contributed by atoms with van der Waals surface area (Å²) >= 11 is 0. The number of nitrogens with one attached hydrogen (secondary N) is 1. The molecule has 23 heavy (non-hydrogen) atoms. The Hall–Kier alpha value is -2.49. The minimum Gasteiger partial charge on any atom is -0.506 e. The fourth-order valence-electron chi connectivity index (χ4n) is 2.47. The van der Waals surface area contributed by atoms with Crippen LogP contribution in [0.4, 0.5) is 5.69 Å². The van der Waals surface area contributed by atoms with E-state index in [1.54, 1.807) is 12.1 Å². The Morgan fingerprint density at radius 1 is 1.00 bits per heavy atom. The third-order valence-electron chi connectivity index (χ3n) is 3.76. The molecule has 2 rings (SSSR count). The summed E-state index contributed by atoms with van der Waals surface area (Å²) in [5.74, 6) is 0.0331. The van der Waals surface area contributed by atoms with Crippen LogP contribution in [-0.2, 0) is 17.6 Å². The Morgan fingerprint density at radius 2 is 1.78 bits per heavy atom. The molecule has 1 amide bonds. The summed E-state index contributed by atoms with van der Waals surface area (Å²) in [6.07, 6.45) is 4.59. The highest BCUT2D eigenvalue weighted by Gasteiger charge is 2.05. The van der Waals surface area contributed by atoms with Crippen molar-refractivity contribution in [2.24, 2.45) is 0 Å². The maximum absolute atomic E-state index is 11.8. The SMILES string of the molecule is Nc1cc(CC(=O)NCCCCCc2ccccc2)ccc1O. The van der Waals surface area contributed by atoms with Crippen molar-refractivity contribution >= 4 is 11.6 Å². The molecular formula is C19H24N2O2. The predicted octanol–water partition coefficient (Wildman–Crippen LogP) is 3.05. The predicted molar refractivity (Wildman–Crippen MR) is 93.2 cm³/mol. The minimum absolute atomic E-state index is 0.0156. The highest BCUT2D eigenvalue weighted by atomic mass is 16.3. The van der Waals surface area contributed by atoms with Crippen LogP contribution in [0, 0.1) is 0 Å². The molecule has 0 atom stereocenters. The zero-order valence-corrected chi connectivity index (χ0v) is 13.3. The molecule has 0 aliphatic rings.